The van der Waals surface area contributed by atoms with Crippen molar-refractivity contribution in [2.24, 2.45) is 0 Å². The highest BCUT2D eigenvalue weighted by molar-refractivity contribution is 6.35. The van der Waals surface area contributed by atoms with E-state index in [-0.39, 0.29) is 12.7 Å². The van der Waals surface area contributed by atoms with Crippen molar-refractivity contribution in [2.75, 3.05) is 13.2 Å². The Hall–Kier alpha value is -1.83. The number of hydrogen-bond donors (Lipinski definition) is 0. The summed E-state index contributed by atoms with van der Waals surface area (Å²) in [5, 5.41) is 0.813. The number of esters is 1. The fraction of sp³-hybridized carbons (Fsp3) is 0.500. The van der Waals surface area contributed by atoms with E-state index in [1.165, 1.54) is 0 Å². The SMILES string of the molecule is CCCC(OC(=O)COc1ccc(Cl)cc1Cl)[C@H]1O[C@@H](C)OC[C@H]1OCc1c(C)cccc1C. The molecule has 8 heteroatoms. The molecule has 2 aromatic carbocycles. The van der Waals surface area contributed by atoms with E-state index in [2.05, 4.69) is 26.0 Å². The molecule has 1 unspecified atom stereocenters. The lowest BCUT2D eigenvalue weighted by molar-refractivity contribution is -0.277. The van der Waals surface area contributed by atoms with Crippen molar-refractivity contribution in [1.82, 2.24) is 0 Å². The lowest BCUT2D eigenvalue weighted by Crippen LogP contribution is -2.51. The number of benzene rings is 2. The quantitative estimate of drug-likeness (QED) is 0.362. The first kappa shape index (κ1) is 26.8. The lowest BCUT2D eigenvalue weighted by Gasteiger charge is -2.39. The summed E-state index contributed by atoms with van der Waals surface area (Å²) in [6.45, 7) is 8.47. The number of carbonyl (C=O) groups is 1. The molecule has 1 saturated heterocycles. The van der Waals surface area contributed by atoms with E-state index in [9.17, 15) is 4.79 Å². The zero-order valence-corrected chi connectivity index (χ0v) is 21.5. The van der Waals surface area contributed by atoms with Crippen molar-refractivity contribution in [3.63, 3.8) is 0 Å². The van der Waals surface area contributed by atoms with Gasteiger partial charge in [-0.2, -0.15) is 0 Å². The third kappa shape index (κ3) is 7.33. The maximum atomic E-state index is 12.6. The van der Waals surface area contributed by atoms with Crippen LogP contribution in [0.1, 0.15) is 43.4 Å². The lowest BCUT2D eigenvalue weighted by atomic mass is 10.0. The van der Waals surface area contributed by atoms with Crippen LogP contribution in [0.25, 0.3) is 0 Å². The van der Waals surface area contributed by atoms with Crippen LogP contribution in [-0.2, 0) is 30.3 Å². The van der Waals surface area contributed by atoms with Crippen molar-refractivity contribution in [2.45, 2.75) is 71.7 Å². The Morgan fingerprint density at radius 1 is 1.18 bits per heavy atom. The van der Waals surface area contributed by atoms with Gasteiger partial charge in [-0.3, -0.25) is 0 Å². The Labute approximate surface area is 211 Å². The Morgan fingerprint density at radius 3 is 2.59 bits per heavy atom. The molecule has 1 fully saturated rings. The summed E-state index contributed by atoms with van der Waals surface area (Å²) < 4.78 is 29.3. The molecule has 2 aromatic rings. The molecule has 0 saturated carbocycles. The van der Waals surface area contributed by atoms with Gasteiger partial charge in [-0.1, -0.05) is 54.7 Å². The average molecular weight is 511 g/mol. The number of halogens is 2. The zero-order valence-electron chi connectivity index (χ0n) is 20.0. The molecule has 0 spiro atoms. The number of aryl methyl sites for hydroxylation is 2. The van der Waals surface area contributed by atoms with E-state index in [0.29, 0.717) is 35.4 Å². The van der Waals surface area contributed by atoms with Crippen LogP contribution >= 0.6 is 23.2 Å². The summed E-state index contributed by atoms with van der Waals surface area (Å²) in [4.78, 5) is 12.6. The fourth-order valence-electron chi connectivity index (χ4n) is 3.92. The third-order valence-corrected chi connectivity index (χ3v) is 6.29. The minimum absolute atomic E-state index is 0.283. The monoisotopic (exact) mass is 510 g/mol. The van der Waals surface area contributed by atoms with E-state index in [1.54, 1.807) is 18.2 Å². The van der Waals surface area contributed by atoms with Gasteiger partial charge < -0.3 is 23.7 Å². The van der Waals surface area contributed by atoms with Crippen molar-refractivity contribution in [1.29, 1.82) is 0 Å². The Bertz CT molecular complexity index is 946. The molecule has 186 valence electrons. The standard InChI is InChI=1S/C26H32Cl2O6/c1-5-7-23(34-25(29)15-32-22-11-10-19(27)12-21(22)28)26-24(14-30-18(4)33-26)31-13-20-16(2)8-6-9-17(20)3/h6,8-12,18,23-24,26H,5,7,13-15H2,1-4H3/t18-,23?,24+,26+/m0/s1. The maximum absolute atomic E-state index is 12.6. The van der Waals surface area contributed by atoms with Crippen LogP contribution in [0.3, 0.4) is 0 Å². The first-order valence-corrected chi connectivity index (χ1v) is 12.2. The van der Waals surface area contributed by atoms with Crippen LogP contribution in [0.2, 0.25) is 10.0 Å². The van der Waals surface area contributed by atoms with Crippen LogP contribution in [0.15, 0.2) is 36.4 Å². The van der Waals surface area contributed by atoms with Crippen LogP contribution in [0.4, 0.5) is 0 Å². The summed E-state index contributed by atoms with van der Waals surface area (Å²) >= 11 is 12.0. The molecule has 4 atom stereocenters. The second kappa shape index (κ2) is 12.8. The Kier molecular flexibility index (Phi) is 10.0. The molecule has 1 heterocycles. The number of rotatable bonds is 10. The predicted molar refractivity (Wildman–Crippen MR) is 132 cm³/mol. The summed E-state index contributed by atoms with van der Waals surface area (Å²) in [5.41, 5.74) is 3.46. The van der Waals surface area contributed by atoms with E-state index in [1.807, 2.05) is 19.9 Å². The molecule has 3 rings (SSSR count). The van der Waals surface area contributed by atoms with E-state index >= 15 is 0 Å². The van der Waals surface area contributed by atoms with Gasteiger partial charge in [-0.15, -0.1) is 0 Å². The van der Waals surface area contributed by atoms with Gasteiger partial charge in [-0.25, -0.2) is 4.79 Å². The summed E-state index contributed by atoms with van der Waals surface area (Å²) in [5.74, 6) is -0.151. The van der Waals surface area contributed by atoms with Gasteiger partial charge in [0.15, 0.2) is 12.9 Å². The van der Waals surface area contributed by atoms with Crippen molar-refractivity contribution < 1.29 is 28.5 Å². The highest BCUT2D eigenvalue weighted by atomic mass is 35.5. The van der Waals surface area contributed by atoms with Crippen molar-refractivity contribution in [3.05, 3.63) is 63.1 Å². The van der Waals surface area contributed by atoms with Gasteiger partial charge >= 0.3 is 5.97 Å². The first-order valence-electron chi connectivity index (χ1n) is 11.5. The normalized spacial score (nSPS) is 21.2. The zero-order chi connectivity index (χ0) is 24.7. The summed E-state index contributed by atoms with van der Waals surface area (Å²) in [6.07, 6.45) is -0.347. The van der Waals surface area contributed by atoms with E-state index in [4.69, 9.17) is 46.9 Å². The molecule has 0 aromatic heterocycles. The molecular weight excluding hydrogens is 479 g/mol. The van der Waals surface area contributed by atoms with Crippen molar-refractivity contribution >= 4 is 29.2 Å². The van der Waals surface area contributed by atoms with Gasteiger partial charge in [-0.05, 0) is 62.1 Å². The van der Waals surface area contributed by atoms with Gasteiger partial charge in [0.1, 0.15) is 24.1 Å². The van der Waals surface area contributed by atoms with Crippen LogP contribution < -0.4 is 4.74 Å². The molecule has 1 aliphatic rings. The molecule has 0 bridgehead atoms. The van der Waals surface area contributed by atoms with Gasteiger partial charge in [0.05, 0.1) is 18.2 Å². The minimum Gasteiger partial charge on any atom is -0.480 e. The number of carbonyl (C=O) groups excluding carboxylic acids is 1. The van der Waals surface area contributed by atoms with E-state index < -0.39 is 24.5 Å². The molecule has 0 N–H and O–H groups in total. The van der Waals surface area contributed by atoms with Crippen LogP contribution in [-0.4, -0.2) is 43.8 Å². The topological polar surface area (TPSA) is 63.2 Å². The summed E-state index contributed by atoms with van der Waals surface area (Å²) in [7, 11) is 0. The average Bonchev–Trinajstić information content (AvgIpc) is 2.78. The molecule has 34 heavy (non-hydrogen) atoms. The van der Waals surface area contributed by atoms with Gasteiger partial charge in [0.25, 0.3) is 0 Å². The highest BCUT2D eigenvalue weighted by Gasteiger charge is 2.39. The molecule has 6 nitrogen and oxygen atoms in total. The second-order valence-corrected chi connectivity index (χ2v) is 9.25. The molecule has 0 amide bonds. The molecule has 0 radical (unpaired) electrons. The Morgan fingerprint density at radius 2 is 1.91 bits per heavy atom. The van der Waals surface area contributed by atoms with Gasteiger partial charge in [0, 0.05) is 5.02 Å². The number of ether oxygens (including phenoxy) is 5. The molecular formula is C26H32Cl2O6. The number of hydrogen-bond acceptors (Lipinski definition) is 6. The Balaban J connectivity index is 1.65. The highest BCUT2D eigenvalue weighted by Crippen LogP contribution is 2.28. The van der Waals surface area contributed by atoms with Crippen LogP contribution in [0.5, 0.6) is 5.75 Å². The molecule has 1 aliphatic heterocycles. The second-order valence-electron chi connectivity index (χ2n) is 8.40. The van der Waals surface area contributed by atoms with Crippen molar-refractivity contribution in [3.8, 4) is 5.75 Å². The minimum atomic E-state index is -0.513. The smallest absolute Gasteiger partial charge is 0.344 e. The third-order valence-electron chi connectivity index (χ3n) is 5.76. The molecule has 0 aliphatic carbocycles. The predicted octanol–water partition coefficient (Wildman–Crippen LogP) is 6.05. The van der Waals surface area contributed by atoms with E-state index in [0.717, 1.165) is 23.1 Å². The fourth-order valence-corrected chi connectivity index (χ4v) is 4.38. The van der Waals surface area contributed by atoms with Gasteiger partial charge in [0.2, 0.25) is 0 Å². The summed E-state index contributed by atoms with van der Waals surface area (Å²) in [6, 6.07) is 11.0. The maximum Gasteiger partial charge on any atom is 0.344 e. The first-order chi connectivity index (χ1) is 16.3. The largest absolute Gasteiger partial charge is 0.480 e. The van der Waals surface area contributed by atoms with Crippen LogP contribution in [0, 0.1) is 13.8 Å².